The van der Waals surface area contributed by atoms with Gasteiger partial charge in [0.2, 0.25) is 0 Å². The summed E-state index contributed by atoms with van der Waals surface area (Å²) in [6.07, 6.45) is 1.00. The highest BCUT2D eigenvalue weighted by molar-refractivity contribution is 9.09. The largest absolute Gasteiger partial charge is 0.298 e. The van der Waals surface area contributed by atoms with Gasteiger partial charge in [-0.2, -0.15) is 0 Å². The summed E-state index contributed by atoms with van der Waals surface area (Å²) in [6.45, 7) is 4.26. The molecule has 0 atom stereocenters. The van der Waals surface area contributed by atoms with E-state index in [1.165, 1.54) is 0 Å². The molecule has 0 radical (unpaired) electrons. The fraction of sp³-hybridized carbons (Fsp3) is 0.500. The second-order valence-electron chi connectivity index (χ2n) is 3.68. The highest BCUT2D eigenvalue weighted by Gasteiger charge is 2.11. The van der Waals surface area contributed by atoms with Crippen LogP contribution in [0.5, 0.6) is 0 Å². The predicted molar refractivity (Wildman–Crippen MR) is 65.7 cm³/mol. The van der Waals surface area contributed by atoms with Gasteiger partial charge in [-0.25, -0.2) is 8.78 Å². The molecule has 0 unspecified atom stereocenters. The van der Waals surface area contributed by atoms with Crippen LogP contribution in [0.25, 0.3) is 0 Å². The van der Waals surface area contributed by atoms with E-state index in [0.29, 0.717) is 12.1 Å². The van der Waals surface area contributed by atoms with Crippen LogP contribution >= 0.6 is 15.9 Å². The third-order valence-corrected chi connectivity index (χ3v) is 2.72. The first-order valence-corrected chi connectivity index (χ1v) is 6.52. The first-order valence-electron chi connectivity index (χ1n) is 5.40. The van der Waals surface area contributed by atoms with Crippen molar-refractivity contribution < 1.29 is 8.78 Å². The smallest absolute Gasteiger partial charge is 0.163 e. The first-order chi connectivity index (χ1) is 7.69. The lowest BCUT2D eigenvalue weighted by atomic mass is 10.2. The molecule has 0 aliphatic carbocycles. The fourth-order valence-electron chi connectivity index (χ4n) is 1.62. The van der Waals surface area contributed by atoms with Gasteiger partial charge >= 0.3 is 0 Å². The highest BCUT2D eigenvalue weighted by atomic mass is 79.9. The number of nitrogens with zero attached hydrogens (tertiary/aromatic N) is 1. The standard InChI is InChI=1S/C12H16BrF2N/c1-2-7-16(8-6-13)9-10-4-3-5-11(14)12(10)15/h3-5H,2,6-9H2,1H3. The summed E-state index contributed by atoms with van der Waals surface area (Å²) in [6, 6.07) is 4.33. The van der Waals surface area contributed by atoms with Crippen LogP contribution < -0.4 is 0 Å². The Kier molecular flexibility index (Phi) is 5.91. The van der Waals surface area contributed by atoms with Crippen molar-refractivity contribution in [2.75, 3.05) is 18.4 Å². The van der Waals surface area contributed by atoms with Crippen LogP contribution in [0.4, 0.5) is 8.78 Å². The molecule has 0 saturated heterocycles. The molecule has 0 heterocycles. The molecule has 4 heteroatoms. The van der Waals surface area contributed by atoms with Crippen molar-refractivity contribution in [1.82, 2.24) is 4.90 Å². The van der Waals surface area contributed by atoms with E-state index in [1.807, 2.05) is 0 Å². The fourth-order valence-corrected chi connectivity index (χ4v) is 2.12. The van der Waals surface area contributed by atoms with E-state index < -0.39 is 11.6 Å². The van der Waals surface area contributed by atoms with Gasteiger partial charge in [0.05, 0.1) is 0 Å². The molecule has 1 aromatic rings. The summed E-state index contributed by atoms with van der Waals surface area (Å²) in [4.78, 5) is 2.10. The highest BCUT2D eigenvalue weighted by Crippen LogP contribution is 2.14. The Morgan fingerprint density at radius 1 is 1.25 bits per heavy atom. The summed E-state index contributed by atoms with van der Waals surface area (Å²) in [5.74, 6) is -1.49. The molecule has 0 aliphatic heterocycles. The number of rotatable bonds is 6. The van der Waals surface area contributed by atoms with E-state index in [9.17, 15) is 8.78 Å². The van der Waals surface area contributed by atoms with Gasteiger partial charge in [0.1, 0.15) is 0 Å². The molecule has 1 aromatic carbocycles. The molecule has 0 fully saturated rings. The second kappa shape index (κ2) is 6.97. The minimum absolute atomic E-state index is 0.425. The van der Waals surface area contributed by atoms with Crippen molar-refractivity contribution >= 4 is 15.9 Å². The van der Waals surface area contributed by atoms with Gasteiger partial charge in [-0.15, -0.1) is 0 Å². The molecule has 0 bridgehead atoms. The van der Waals surface area contributed by atoms with Gasteiger partial charge in [-0.05, 0) is 19.0 Å². The summed E-state index contributed by atoms with van der Waals surface area (Å²) in [7, 11) is 0. The molecule has 0 aromatic heterocycles. The zero-order chi connectivity index (χ0) is 12.0. The van der Waals surface area contributed by atoms with Crippen LogP contribution in [0.15, 0.2) is 18.2 Å². The lowest BCUT2D eigenvalue weighted by Gasteiger charge is -2.20. The average molecular weight is 292 g/mol. The van der Waals surface area contributed by atoms with Gasteiger partial charge in [0, 0.05) is 24.0 Å². The van der Waals surface area contributed by atoms with E-state index in [4.69, 9.17) is 0 Å². The van der Waals surface area contributed by atoms with E-state index in [1.54, 1.807) is 12.1 Å². The molecular formula is C12H16BrF2N. The van der Waals surface area contributed by atoms with E-state index in [0.717, 1.165) is 30.9 Å². The maximum Gasteiger partial charge on any atom is 0.163 e. The van der Waals surface area contributed by atoms with Crippen molar-refractivity contribution in [1.29, 1.82) is 0 Å². The quantitative estimate of drug-likeness (QED) is 0.724. The Morgan fingerprint density at radius 3 is 2.62 bits per heavy atom. The number of hydrogen-bond acceptors (Lipinski definition) is 1. The summed E-state index contributed by atoms with van der Waals surface area (Å²) in [5.41, 5.74) is 0.425. The molecule has 1 nitrogen and oxygen atoms in total. The number of hydrogen-bond donors (Lipinski definition) is 0. The lowest BCUT2D eigenvalue weighted by Crippen LogP contribution is -2.26. The van der Waals surface area contributed by atoms with Crippen LogP contribution in [-0.2, 0) is 6.54 Å². The molecule has 90 valence electrons. The summed E-state index contributed by atoms with van der Waals surface area (Å²) < 4.78 is 26.4. The van der Waals surface area contributed by atoms with Crippen molar-refractivity contribution in [3.8, 4) is 0 Å². The van der Waals surface area contributed by atoms with Crippen molar-refractivity contribution in [3.05, 3.63) is 35.4 Å². The summed E-state index contributed by atoms with van der Waals surface area (Å²) in [5, 5.41) is 0.837. The number of halogens is 3. The second-order valence-corrected chi connectivity index (χ2v) is 4.47. The first kappa shape index (κ1) is 13.6. The summed E-state index contributed by atoms with van der Waals surface area (Å²) >= 11 is 3.36. The Morgan fingerprint density at radius 2 is 2.00 bits per heavy atom. The predicted octanol–water partition coefficient (Wildman–Crippen LogP) is 3.57. The molecule has 0 aliphatic rings. The third kappa shape index (κ3) is 3.83. The number of benzene rings is 1. The molecule has 0 spiro atoms. The van der Waals surface area contributed by atoms with E-state index in [2.05, 4.69) is 27.8 Å². The monoisotopic (exact) mass is 291 g/mol. The Balaban J connectivity index is 2.72. The van der Waals surface area contributed by atoms with E-state index in [-0.39, 0.29) is 0 Å². The van der Waals surface area contributed by atoms with Crippen molar-refractivity contribution in [2.45, 2.75) is 19.9 Å². The Hall–Kier alpha value is -0.480. The molecule has 16 heavy (non-hydrogen) atoms. The van der Waals surface area contributed by atoms with E-state index >= 15 is 0 Å². The van der Waals surface area contributed by atoms with Gasteiger partial charge in [0.15, 0.2) is 11.6 Å². The lowest BCUT2D eigenvalue weighted by molar-refractivity contribution is 0.278. The zero-order valence-corrected chi connectivity index (χ0v) is 10.9. The van der Waals surface area contributed by atoms with Gasteiger partial charge in [-0.1, -0.05) is 35.0 Å². The topological polar surface area (TPSA) is 3.24 Å². The van der Waals surface area contributed by atoms with Crippen LogP contribution in [-0.4, -0.2) is 23.3 Å². The average Bonchev–Trinajstić information content (AvgIpc) is 2.25. The zero-order valence-electron chi connectivity index (χ0n) is 9.35. The van der Waals surface area contributed by atoms with Crippen LogP contribution in [0.1, 0.15) is 18.9 Å². The molecular weight excluding hydrogens is 276 g/mol. The Bertz CT molecular complexity index is 325. The van der Waals surface area contributed by atoms with Crippen molar-refractivity contribution in [3.63, 3.8) is 0 Å². The normalized spacial score (nSPS) is 11.1. The molecule has 1 rings (SSSR count). The maximum atomic E-state index is 13.4. The Labute approximate surface area is 104 Å². The van der Waals surface area contributed by atoms with Gasteiger partial charge in [-0.3, -0.25) is 4.90 Å². The molecule has 0 N–H and O–H groups in total. The van der Waals surface area contributed by atoms with Gasteiger partial charge < -0.3 is 0 Å². The number of alkyl halides is 1. The minimum Gasteiger partial charge on any atom is -0.298 e. The molecule has 0 amide bonds. The minimum atomic E-state index is -0.771. The van der Waals surface area contributed by atoms with Crippen molar-refractivity contribution in [2.24, 2.45) is 0 Å². The van der Waals surface area contributed by atoms with Crippen LogP contribution in [0.3, 0.4) is 0 Å². The molecule has 0 saturated carbocycles. The van der Waals surface area contributed by atoms with Crippen LogP contribution in [0, 0.1) is 11.6 Å². The van der Waals surface area contributed by atoms with Gasteiger partial charge in [0.25, 0.3) is 0 Å². The third-order valence-electron chi connectivity index (χ3n) is 2.37. The van der Waals surface area contributed by atoms with Crippen LogP contribution in [0.2, 0.25) is 0 Å². The SMILES string of the molecule is CCCN(CCBr)Cc1cccc(F)c1F. The maximum absolute atomic E-state index is 13.4.